The van der Waals surface area contributed by atoms with E-state index in [0.29, 0.717) is 36.9 Å². The highest BCUT2D eigenvalue weighted by Crippen LogP contribution is 2.27. The zero-order valence-corrected chi connectivity index (χ0v) is 17.8. The minimum atomic E-state index is -0.909. The summed E-state index contributed by atoms with van der Waals surface area (Å²) >= 11 is 6.28. The lowest BCUT2D eigenvalue weighted by Gasteiger charge is -2.38. The van der Waals surface area contributed by atoms with Crippen LogP contribution in [0, 0.1) is 19.7 Å². The van der Waals surface area contributed by atoms with Gasteiger partial charge in [-0.25, -0.2) is 9.18 Å². The van der Waals surface area contributed by atoms with Crippen LogP contribution in [0.2, 0.25) is 5.02 Å². The second-order valence-corrected chi connectivity index (χ2v) is 7.98. The van der Waals surface area contributed by atoms with Gasteiger partial charge in [0.1, 0.15) is 5.82 Å². The van der Waals surface area contributed by atoms with Gasteiger partial charge < -0.3 is 15.3 Å². The van der Waals surface area contributed by atoms with Gasteiger partial charge in [-0.2, -0.15) is 0 Å². The summed E-state index contributed by atoms with van der Waals surface area (Å²) < 4.78 is 13.7. The van der Waals surface area contributed by atoms with Gasteiger partial charge in [0.2, 0.25) is 0 Å². The van der Waals surface area contributed by atoms with Gasteiger partial charge in [-0.15, -0.1) is 0 Å². The van der Waals surface area contributed by atoms with Gasteiger partial charge in [-0.3, -0.25) is 14.7 Å². The van der Waals surface area contributed by atoms with Crippen molar-refractivity contribution in [2.24, 2.45) is 0 Å². The Labute approximate surface area is 179 Å². The third-order valence-corrected chi connectivity index (χ3v) is 5.59. The number of pyridine rings is 1. The Morgan fingerprint density at radius 3 is 2.67 bits per heavy atom. The van der Waals surface area contributed by atoms with Gasteiger partial charge in [0, 0.05) is 49.1 Å². The van der Waals surface area contributed by atoms with Gasteiger partial charge in [0.25, 0.3) is 5.91 Å². The molecule has 1 aliphatic rings. The van der Waals surface area contributed by atoms with Crippen LogP contribution in [0.5, 0.6) is 0 Å². The van der Waals surface area contributed by atoms with Crippen molar-refractivity contribution in [3.8, 4) is 0 Å². The molecule has 2 aromatic rings. The lowest BCUT2D eigenvalue weighted by atomic mass is 10.0. The monoisotopic (exact) mass is 434 g/mol. The molecular weight excluding hydrogens is 411 g/mol. The lowest BCUT2D eigenvalue weighted by Crippen LogP contribution is -2.53. The van der Waals surface area contributed by atoms with Gasteiger partial charge in [-0.05, 0) is 50.1 Å². The number of nitrogens with one attached hydrogen (secondary N) is 1. The molecule has 0 spiro atoms. The van der Waals surface area contributed by atoms with Gasteiger partial charge >= 0.3 is 6.09 Å². The molecule has 3 rings (SSSR count). The van der Waals surface area contributed by atoms with Crippen LogP contribution in [0.25, 0.3) is 0 Å². The van der Waals surface area contributed by atoms with Crippen molar-refractivity contribution in [2.45, 2.75) is 33.4 Å². The predicted octanol–water partition coefficient (Wildman–Crippen LogP) is 3.93. The number of halogens is 2. The van der Waals surface area contributed by atoms with Crippen LogP contribution in [0.3, 0.4) is 0 Å². The number of aromatic nitrogens is 1. The Balaban J connectivity index is 1.76. The first kappa shape index (κ1) is 22.0. The van der Waals surface area contributed by atoms with Crippen LogP contribution >= 0.6 is 11.6 Å². The number of rotatable bonds is 4. The van der Waals surface area contributed by atoms with Crippen LogP contribution in [0.4, 0.5) is 14.9 Å². The predicted molar refractivity (Wildman–Crippen MR) is 113 cm³/mol. The molecule has 30 heavy (non-hydrogen) atoms. The van der Waals surface area contributed by atoms with Crippen molar-refractivity contribution in [1.29, 1.82) is 0 Å². The number of amides is 2. The Morgan fingerprint density at radius 1 is 1.30 bits per heavy atom. The molecule has 1 atom stereocenters. The quantitative estimate of drug-likeness (QED) is 0.761. The average Bonchev–Trinajstić information content (AvgIpc) is 2.67. The summed E-state index contributed by atoms with van der Waals surface area (Å²) in [4.78, 5) is 31.3. The number of carbonyl (C=O) groups excluding carboxylic acids is 1. The number of piperazine rings is 1. The molecule has 2 N–H and O–H groups in total. The number of anilines is 1. The summed E-state index contributed by atoms with van der Waals surface area (Å²) in [7, 11) is 0. The molecule has 1 aromatic carbocycles. The molecule has 9 heteroatoms. The van der Waals surface area contributed by atoms with Crippen LogP contribution in [-0.4, -0.2) is 57.6 Å². The summed E-state index contributed by atoms with van der Waals surface area (Å²) in [6.07, 6.45) is 0.422. The number of hydrogen-bond donors (Lipinski definition) is 2. The maximum absolute atomic E-state index is 13.7. The zero-order valence-electron chi connectivity index (χ0n) is 17.1. The topological polar surface area (TPSA) is 85.8 Å². The van der Waals surface area contributed by atoms with Crippen LogP contribution in [-0.2, 0) is 6.54 Å². The van der Waals surface area contributed by atoms with Crippen molar-refractivity contribution >= 4 is 29.3 Å². The molecule has 0 aliphatic carbocycles. The normalized spacial score (nSPS) is 17.1. The van der Waals surface area contributed by atoms with E-state index < -0.39 is 17.8 Å². The number of carboxylic acid groups (broad SMARTS) is 1. The van der Waals surface area contributed by atoms with E-state index in [-0.39, 0.29) is 17.3 Å². The molecule has 0 bridgehead atoms. The molecule has 1 aliphatic heterocycles. The first-order valence-electron chi connectivity index (χ1n) is 9.60. The Hall–Kier alpha value is -2.71. The third-order valence-electron chi connectivity index (χ3n) is 5.37. The maximum atomic E-state index is 13.7. The number of hydrogen-bond acceptors (Lipinski definition) is 4. The fourth-order valence-electron chi connectivity index (χ4n) is 3.56. The van der Waals surface area contributed by atoms with E-state index in [4.69, 9.17) is 11.6 Å². The minimum Gasteiger partial charge on any atom is -0.465 e. The number of benzene rings is 1. The first-order chi connectivity index (χ1) is 14.2. The summed E-state index contributed by atoms with van der Waals surface area (Å²) in [5, 5.41) is 12.5. The summed E-state index contributed by atoms with van der Waals surface area (Å²) in [6, 6.07) is 4.54. The van der Waals surface area contributed by atoms with Crippen molar-refractivity contribution in [3.63, 3.8) is 0 Å². The second-order valence-electron chi connectivity index (χ2n) is 7.54. The van der Waals surface area contributed by atoms with Crippen LogP contribution in [0.1, 0.15) is 34.1 Å². The van der Waals surface area contributed by atoms with E-state index in [1.807, 2.05) is 19.9 Å². The molecule has 0 radical (unpaired) electrons. The second kappa shape index (κ2) is 8.97. The molecule has 2 amide bonds. The standard InChI is InChI=1S/C21H24ClFN4O3/c1-12-10-26(4-5-27(12)21(29)30)11-16-6-17(22)8-19(13(16)2)25-20(28)15-7-18(23)14(3)24-9-15/h6-9,12H,4-5,10-11H2,1-3H3,(H,25,28)(H,29,30). The fraction of sp³-hybridized carbons (Fsp3) is 0.381. The Kier molecular flexibility index (Phi) is 6.58. The highest BCUT2D eigenvalue weighted by atomic mass is 35.5. The van der Waals surface area contributed by atoms with E-state index in [1.165, 1.54) is 18.0 Å². The third kappa shape index (κ3) is 4.88. The maximum Gasteiger partial charge on any atom is 0.407 e. The molecule has 1 unspecified atom stereocenters. The first-order valence-corrected chi connectivity index (χ1v) is 9.98. The van der Waals surface area contributed by atoms with E-state index in [0.717, 1.165) is 17.2 Å². The fourth-order valence-corrected chi connectivity index (χ4v) is 3.80. The van der Waals surface area contributed by atoms with Crippen molar-refractivity contribution in [2.75, 3.05) is 25.0 Å². The van der Waals surface area contributed by atoms with Gasteiger partial charge in [0.05, 0.1) is 11.3 Å². The lowest BCUT2D eigenvalue weighted by molar-refractivity contribution is 0.0710. The van der Waals surface area contributed by atoms with E-state index in [1.54, 1.807) is 6.07 Å². The van der Waals surface area contributed by atoms with E-state index in [2.05, 4.69) is 15.2 Å². The zero-order chi connectivity index (χ0) is 22.0. The number of aryl methyl sites for hydroxylation is 1. The highest BCUT2D eigenvalue weighted by molar-refractivity contribution is 6.31. The van der Waals surface area contributed by atoms with Crippen LogP contribution < -0.4 is 5.32 Å². The van der Waals surface area contributed by atoms with Gasteiger partial charge in [-0.1, -0.05) is 11.6 Å². The molecule has 1 saturated heterocycles. The van der Waals surface area contributed by atoms with Crippen molar-refractivity contribution in [3.05, 3.63) is 57.6 Å². The minimum absolute atomic E-state index is 0.112. The Morgan fingerprint density at radius 2 is 2.03 bits per heavy atom. The van der Waals surface area contributed by atoms with Crippen molar-refractivity contribution in [1.82, 2.24) is 14.8 Å². The molecule has 0 saturated carbocycles. The molecule has 2 heterocycles. The number of nitrogens with zero attached hydrogens (tertiary/aromatic N) is 3. The number of carbonyl (C=O) groups is 2. The summed E-state index contributed by atoms with van der Waals surface area (Å²) in [6.45, 7) is 7.52. The highest BCUT2D eigenvalue weighted by Gasteiger charge is 2.27. The molecule has 160 valence electrons. The largest absolute Gasteiger partial charge is 0.465 e. The average molecular weight is 435 g/mol. The molecular formula is C21H24ClFN4O3. The molecule has 1 fully saturated rings. The summed E-state index contributed by atoms with van der Waals surface area (Å²) in [5.41, 5.74) is 2.67. The SMILES string of the molecule is Cc1ncc(C(=O)Nc2cc(Cl)cc(CN3CCN(C(=O)O)C(C)C3)c2C)cc1F. The van der Waals surface area contributed by atoms with Crippen molar-refractivity contribution < 1.29 is 19.1 Å². The van der Waals surface area contributed by atoms with Crippen LogP contribution in [0.15, 0.2) is 24.4 Å². The van der Waals surface area contributed by atoms with Gasteiger partial charge in [0.15, 0.2) is 0 Å². The summed E-state index contributed by atoms with van der Waals surface area (Å²) in [5.74, 6) is -1.01. The smallest absolute Gasteiger partial charge is 0.407 e. The Bertz CT molecular complexity index is 985. The molecule has 1 aromatic heterocycles. The van der Waals surface area contributed by atoms with E-state index >= 15 is 0 Å². The molecule has 7 nitrogen and oxygen atoms in total. The van der Waals surface area contributed by atoms with E-state index in [9.17, 15) is 19.1 Å².